The fraction of sp³-hybridized carbons (Fsp3) is 0.444. The molecule has 0 aliphatic heterocycles. The second-order valence-corrected chi connectivity index (χ2v) is 6.28. The van der Waals surface area contributed by atoms with Crippen molar-refractivity contribution in [3.63, 3.8) is 0 Å². The second-order valence-electron chi connectivity index (χ2n) is 5.37. The Kier molecular flexibility index (Phi) is 7.37. The molecule has 1 heterocycles. The first-order valence-electron chi connectivity index (χ1n) is 8.00. The number of nitrogens with zero attached hydrogens (tertiary/aromatic N) is 2. The average molecular weight is 363 g/mol. The molecule has 1 aromatic heterocycles. The highest BCUT2D eigenvalue weighted by atomic mass is 79.9. The lowest BCUT2D eigenvalue weighted by Gasteiger charge is -2.06. The van der Waals surface area contributed by atoms with Crippen molar-refractivity contribution < 1.29 is 4.74 Å². The number of ether oxygens (including phenoxy) is 1. The Morgan fingerprint density at radius 1 is 0.909 bits per heavy atom. The van der Waals surface area contributed by atoms with Crippen LogP contribution in [-0.2, 0) is 0 Å². The van der Waals surface area contributed by atoms with E-state index in [2.05, 4.69) is 32.8 Å². The summed E-state index contributed by atoms with van der Waals surface area (Å²) in [7, 11) is 0. The third-order valence-corrected chi connectivity index (χ3v) is 4.03. The molecule has 0 radical (unpaired) electrons. The maximum absolute atomic E-state index is 5.69. The minimum Gasteiger partial charge on any atom is -0.490 e. The Morgan fingerprint density at radius 3 is 2.23 bits per heavy atom. The lowest BCUT2D eigenvalue weighted by molar-refractivity contribution is 0.302. The summed E-state index contributed by atoms with van der Waals surface area (Å²) in [6.07, 6.45) is 11.1. The predicted molar refractivity (Wildman–Crippen MR) is 94.0 cm³/mol. The quantitative estimate of drug-likeness (QED) is 0.541. The first-order valence-corrected chi connectivity index (χ1v) is 8.79. The van der Waals surface area contributed by atoms with Crippen LogP contribution in [0.25, 0.3) is 11.4 Å². The zero-order valence-electron chi connectivity index (χ0n) is 13.1. The van der Waals surface area contributed by atoms with Gasteiger partial charge >= 0.3 is 0 Å². The average Bonchev–Trinajstić information content (AvgIpc) is 2.55. The molecule has 3 nitrogen and oxygen atoms in total. The highest BCUT2D eigenvalue weighted by Gasteiger charge is 2.02. The molecule has 4 heteroatoms. The first-order chi connectivity index (χ1) is 10.8. The van der Waals surface area contributed by atoms with Crippen LogP contribution in [0.4, 0.5) is 0 Å². The van der Waals surface area contributed by atoms with Gasteiger partial charge in [-0.2, -0.15) is 0 Å². The van der Waals surface area contributed by atoms with Gasteiger partial charge in [-0.3, -0.25) is 0 Å². The van der Waals surface area contributed by atoms with Gasteiger partial charge in [0.05, 0.1) is 19.0 Å². The van der Waals surface area contributed by atoms with Gasteiger partial charge in [0.25, 0.3) is 0 Å². The summed E-state index contributed by atoms with van der Waals surface area (Å²) in [4.78, 5) is 8.73. The molecule has 0 aliphatic carbocycles. The van der Waals surface area contributed by atoms with E-state index in [1.165, 1.54) is 32.1 Å². The molecule has 0 bridgehead atoms. The van der Waals surface area contributed by atoms with Crippen molar-refractivity contribution in [2.75, 3.05) is 6.61 Å². The van der Waals surface area contributed by atoms with Crippen LogP contribution in [-0.4, -0.2) is 16.6 Å². The van der Waals surface area contributed by atoms with E-state index in [4.69, 9.17) is 4.74 Å². The van der Waals surface area contributed by atoms with Crippen LogP contribution < -0.4 is 4.74 Å². The molecule has 0 saturated carbocycles. The summed E-state index contributed by atoms with van der Waals surface area (Å²) in [5.74, 6) is 1.47. The largest absolute Gasteiger partial charge is 0.490 e. The lowest BCUT2D eigenvalue weighted by Crippen LogP contribution is -1.99. The molecule has 0 fully saturated rings. The molecule has 0 aliphatic rings. The summed E-state index contributed by atoms with van der Waals surface area (Å²) >= 11 is 3.42. The third kappa shape index (κ3) is 5.76. The molecule has 0 unspecified atom stereocenters. The van der Waals surface area contributed by atoms with Gasteiger partial charge in [0.15, 0.2) is 11.6 Å². The normalized spacial score (nSPS) is 10.6. The van der Waals surface area contributed by atoms with E-state index in [0.29, 0.717) is 0 Å². The maximum Gasteiger partial charge on any atom is 0.159 e. The zero-order chi connectivity index (χ0) is 15.6. The second kappa shape index (κ2) is 9.57. The maximum atomic E-state index is 5.69. The van der Waals surface area contributed by atoms with Gasteiger partial charge in [-0.25, -0.2) is 9.97 Å². The van der Waals surface area contributed by atoms with Crippen LogP contribution in [0.1, 0.15) is 45.4 Å². The van der Waals surface area contributed by atoms with Crippen LogP contribution in [0, 0.1) is 0 Å². The molecule has 22 heavy (non-hydrogen) atoms. The molecule has 118 valence electrons. The van der Waals surface area contributed by atoms with Gasteiger partial charge in [0.2, 0.25) is 0 Å². The Bertz CT molecular complexity index is 540. The van der Waals surface area contributed by atoms with E-state index in [1.807, 2.05) is 24.3 Å². The molecule has 2 rings (SSSR count). The molecule has 0 amide bonds. The van der Waals surface area contributed by atoms with E-state index in [0.717, 1.165) is 34.6 Å². The molecule has 0 spiro atoms. The number of unbranched alkanes of at least 4 members (excludes halogenated alkanes) is 5. The summed E-state index contributed by atoms with van der Waals surface area (Å²) in [5.41, 5.74) is 1.01. The topological polar surface area (TPSA) is 35.0 Å². The molecular weight excluding hydrogens is 340 g/mol. The van der Waals surface area contributed by atoms with Crippen LogP contribution in [0.2, 0.25) is 0 Å². The fourth-order valence-electron chi connectivity index (χ4n) is 2.21. The zero-order valence-corrected chi connectivity index (χ0v) is 14.7. The highest BCUT2D eigenvalue weighted by Crippen LogP contribution is 2.19. The number of rotatable bonds is 9. The predicted octanol–water partition coefficient (Wildman–Crippen LogP) is 5.65. The van der Waals surface area contributed by atoms with Crippen molar-refractivity contribution in [1.82, 2.24) is 9.97 Å². The lowest BCUT2D eigenvalue weighted by atomic mass is 10.1. The number of hydrogen-bond acceptors (Lipinski definition) is 3. The van der Waals surface area contributed by atoms with E-state index < -0.39 is 0 Å². The Balaban J connectivity index is 1.74. The van der Waals surface area contributed by atoms with E-state index in [9.17, 15) is 0 Å². The van der Waals surface area contributed by atoms with Crippen molar-refractivity contribution in [2.24, 2.45) is 0 Å². The Labute approximate surface area is 141 Å². The van der Waals surface area contributed by atoms with Crippen LogP contribution in [0.15, 0.2) is 41.1 Å². The minimum absolute atomic E-state index is 0.722. The van der Waals surface area contributed by atoms with Gasteiger partial charge in [-0.15, -0.1) is 0 Å². The highest BCUT2D eigenvalue weighted by molar-refractivity contribution is 9.10. The van der Waals surface area contributed by atoms with E-state index >= 15 is 0 Å². The van der Waals surface area contributed by atoms with Gasteiger partial charge in [0, 0.05) is 10.0 Å². The summed E-state index contributed by atoms with van der Waals surface area (Å²) in [6, 6.07) is 7.97. The summed E-state index contributed by atoms with van der Waals surface area (Å²) in [5, 5.41) is 0. The van der Waals surface area contributed by atoms with E-state index in [-0.39, 0.29) is 0 Å². The number of hydrogen-bond donors (Lipinski definition) is 0. The third-order valence-electron chi connectivity index (χ3n) is 3.50. The van der Waals surface area contributed by atoms with Crippen molar-refractivity contribution in [2.45, 2.75) is 45.4 Å². The van der Waals surface area contributed by atoms with Gasteiger partial charge in [-0.05, 0) is 18.6 Å². The SMILES string of the molecule is CCCCCCCCOc1cnc(-c2ccc(Br)cc2)nc1. The summed E-state index contributed by atoms with van der Waals surface area (Å²) in [6.45, 7) is 2.98. The fourth-order valence-corrected chi connectivity index (χ4v) is 2.48. The van der Waals surface area contributed by atoms with Crippen molar-refractivity contribution >= 4 is 15.9 Å². The van der Waals surface area contributed by atoms with E-state index in [1.54, 1.807) is 12.4 Å². The van der Waals surface area contributed by atoms with Gasteiger partial charge in [0.1, 0.15) is 0 Å². The molecule has 1 aromatic carbocycles. The monoisotopic (exact) mass is 362 g/mol. The molecular formula is C18H23BrN2O. The molecule has 0 N–H and O–H groups in total. The van der Waals surface area contributed by atoms with Crippen molar-refractivity contribution in [1.29, 1.82) is 0 Å². The standard InChI is InChI=1S/C18H23BrN2O/c1-2-3-4-5-6-7-12-22-17-13-20-18(21-14-17)15-8-10-16(19)11-9-15/h8-11,13-14H,2-7,12H2,1H3. The number of halogens is 1. The number of benzene rings is 1. The van der Waals surface area contributed by atoms with Crippen molar-refractivity contribution in [3.8, 4) is 17.1 Å². The van der Waals surface area contributed by atoms with Gasteiger partial charge < -0.3 is 4.74 Å². The molecule has 2 aromatic rings. The first kappa shape index (κ1) is 16.9. The van der Waals surface area contributed by atoms with Crippen molar-refractivity contribution in [3.05, 3.63) is 41.1 Å². The Hall–Kier alpha value is -1.42. The summed E-state index contributed by atoms with van der Waals surface area (Å²) < 4.78 is 6.74. The number of aromatic nitrogens is 2. The van der Waals surface area contributed by atoms with Crippen LogP contribution in [0.5, 0.6) is 5.75 Å². The van der Waals surface area contributed by atoms with Crippen LogP contribution >= 0.6 is 15.9 Å². The molecule has 0 saturated heterocycles. The smallest absolute Gasteiger partial charge is 0.159 e. The van der Waals surface area contributed by atoms with Crippen LogP contribution in [0.3, 0.4) is 0 Å². The molecule has 0 atom stereocenters. The minimum atomic E-state index is 0.722. The van der Waals surface area contributed by atoms with Gasteiger partial charge in [-0.1, -0.05) is 67.1 Å². The Morgan fingerprint density at radius 2 is 1.55 bits per heavy atom.